The molecule has 0 heterocycles. The second-order valence-corrected chi connectivity index (χ2v) is 6.82. The summed E-state index contributed by atoms with van der Waals surface area (Å²) in [5.41, 5.74) is 10.2. The van der Waals surface area contributed by atoms with E-state index in [-0.39, 0.29) is 5.54 Å². The summed E-state index contributed by atoms with van der Waals surface area (Å²) in [5.74, 6) is 0.590. The van der Waals surface area contributed by atoms with E-state index in [0.717, 1.165) is 19.5 Å². The number of aryl methyl sites for hydroxylation is 1. The highest BCUT2D eigenvalue weighted by Gasteiger charge is 2.12. The first-order valence-corrected chi connectivity index (χ1v) is 7.26. The Morgan fingerprint density at radius 1 is 1.26 bits per heavy atom. The third kappa shape index (κ3) is 5.75. The first kappa shape index (κ1) is 16.2. The second-order valence-electron chi connectivity index (χ2n) is 6.82. The van der Waals surface area contributed by atoms with Crippen molar-refractivity contribution in [3.8, 4) is 0 Å². The minimum Gasteiger partial charge on any atom is -0.326 e. The summed E-state index contributed by atoms with van der Waals surface area (Å²) in [7, 11) is 2.17. The van der Waals surface area contributed by atoms with Crippen molar-refractivity contribution in [1.29, 1.82) is 0 Å². The van der Waals surface area contributed by atoms with Crippen LogP contribution < -0.4 is 5.73 Å². The Bertz CT molecular complexity index is 402. The van der Waals surface area contributed by atoms with Crippen molar-refractivity contribution < 1.29 is 0 Å². The minimum absolute atomic E-state index is 0.0803. The summed E-state index contributed by atoms with van der Waals surface area (Å²) < 4.78 is 0. The predicted molar refractivity (Wildman–Crippen MR) is 84.5 cm³/mol. The summed E-state index contributed by atoms with van der Waals surface area (Å²) in [5, 5.41) is 0. The summed E-state index contributed by atoms with van der Waals surface area (Å²) in [4.78, 5) is 2.36. The first-order chi connectivity index (χ1) is 8.69. The van der Waals surface area contributed by atoms with E-state index in [2.05, 4.69) is 64.8 Å². The van der Waals surface area contributed by atoms with E-state index in [4.69, 9.17) is 5.73 Å². The zero-order valence-corrected chi connectivity index (χ0v) is 13.5. The van der Waals surface area contributed by atoms with E-state index in [1.54, 1.807) is 0 Å². The van der Waals surface area contributed by atoms with E-state index in [0.29, 0.717) is 5.92 Å². The molecule has 108 valence electrons. The van der Waals surface area contributed by atoms with Gasteiger partial charge in [-0.2, -0.15) is 0 Å². The molecule has 0 aromatic heterocycles. The molecule has 0 aliphatic carbocycles. The largest absolute Gasteiger partial charge is 0.326 e. The SMILES string of the molecule is Cc1ccc(C(C)C)cc1CN(C)CCC(C)(C)N. The summed E-state index contributed by atoms with van der Waals surface area (Å²) in [6.07, 6.45) is 1.02. The lowest BCUT2D eigenvalue weighted by Crippen LogP contribution is -2.36. The Kier molecular flexibility index (Phi) is 5.57. The monoisotopic (exact) mass is 262 g/mol. The highest BCUT2D eigenvalue weighted by atomic mass is 15.1. The van der Waals surface area contributed by atoms with Crippen molar-refractivity contribution >= 4 is 0 Å². The minimum atomic E-state index is -0.0803. The van der Waals surface area contributed by atoms with Crippen molar-refractivity contribution in [3.05, 3.63) is 34.9 Å². The maximum Gasteiger partial charge on any atom is 0.0233 e. The molecular weight excluding hydrogens is 232 g/mol. The van der Waals surface area contributed by atoms with Gasteiger partial charge in [0.15, 0.2) is 0 Å². The van der Waals surface area contributed by atoms with E-state index < -0.39 is 0 Å². The molecule has 0 saturated carbocycles. The van der Waals surface area contributed by atoms with E-state index >= 15 is 0 Å². The molecule has 0 unspecified atom stereocenters. The summed E-state index contributed by atoms with van der Waals surface area (Å²) in [6.45, 7) is 12.9. The molecule has 0 radical (unpaired) electrons. The van der Waals surface area contributed by atoms with Gasteiger partial charge in [-0.15, -0.1) is 0 Å². The molecular formula is C17H30N2. The Labute approximate surface area is 119 Å². The molecule has 1 rings (SSSR count). The van der Waals surface area contributed by atoms with Gasteiger partial charge in [-0.1, -0.05) is 32.0 Å². The van der Waals surface area contributed by atoms with Crippen LogP contribution in [0.5, 0.6) is 0 Å². The van der Waals surface area contributed by atoms with Crippen LogP contribution in [0.15, 0.2) is 18.2 Å². The van der Waals surface area contributed by atoms with E-state index in [1.807, 2.05) is 0 Å². The van der Waals surface area contributed by atoms with Crippen LogP contribution in [-0.4, -0.2) is 24.0 Å². The third-order valence-corrected chi connectivity index (χ3v) is 3.62. The fourth-order valence-corrected chi connectivity index (χ4v) is 2.07. The average Bonchev–Trinajstić information content (AvgIpc) is 2.28. The molecule has 2 N–H and O–H groups in total. The van der Waals surface area contributed by atoms with Crippen LogP contribution >= 0.6 is 0 Å². The lowest BCUT2D eigenvalue weighted by atomic mass is 9.97. The fourth-order valence-electron chi connectivity index (χ4n) is 2.07. The van der Waals surface area contributed by atoms with Gasteiger partial charge in [0.25, 0.3) is 0 Å². The first-order valence-electron chi connectivity index (χ1n) is 7.26. The van der Waals surface area contributed by atoms with Crippen molar-refractivity contribution in [2.45, 2.75) is 59.0 Å². The number of rotatable bonds is 6. The van der Waals surface area contributed by atoms with Gasteiger partial charge < -0.3 is 10.6 Å². The molecule has 0 saturated heterocycles. The van der Waals surface area contributed by atoms with E-state index in [9.17, 15) is 0 Å². The quantitative estimate of drug-likeness (QED) is 0.847. The van der Waals surface area contributed by atoms with Gasteiger partial charge in [0.2, 0.25) is 0 Å². The lowest BCUT2D eigenvalue weighted by molar-refractivity contribution is 0.288. The van der Waals surface area contributed by atoms with Gasteiger partial charge in [-0.05, 0) is 63.4 Å². The van der Waals surface area contributed by atoms with Crippen molar-refractivity contribution in [2.75, 3.05) is 13.6 Å². The number of benzene rings is 1. The topological polar surface area (TPSA) is 29.3 Å². The summed E-state index contributed by atoms with van der Waals surface area (Å²) >= 11 is 0. The van der Waals surface area contributed by atoms with Crippen LogP contribution in [0, 0.1) is 6.92 Å². The van der Waals surface area contributed by atoms with Crippen LogP contribution in [0.2, 0.25) is 0 Å². The maximum atomic E-state index is 6.04. The maximum absolute atomic E-state index is 6.04. The number of nitrogens with zero attached hydrogens (tertiary/aromatic N) is 1. The number of hydrogen-bond donors (Lipinski definition) is 1. The van der Waals surface area contributed by atoms with E-state index in [1.165, 1.54) is 16.7 Å². The predicted octanol–water partition coefficient (Wildman–Crippen LogP) is 3.68. The van der Waals surface area contributed by atoms with Crippen molar-refractivity contribution in [3.63, 3.8) is 0 Å². The average molecular weight is 262 g/mol. The smallest absolute Gasteiger partial charge is 0.0233 e. The molecule has 0 atom stereocenters. The molecule has 0 amide bonds. The second kappa shape index (κ2) is 6.53. The lowest BCUT2D eigenvalue weighted by Gasteiger charge is -2.24. The molecule has 2 heteroatoms. The van der Waals surface area contributed by atoms with Crippen LogP contribution in [-0.2, 0) is 6.54 Å². The highest BCUT2D eigenvalue weighted by Crippen LogP contribution is 2.20. The van der Waals surface area contributed by atoms with Gasteiger partial charge in [0, 0.05) is 12.1 Å². The van der Waals surface area contributed by atoms with Crippen molar-refractivity contribution in [1.82, 2.24) is 4.90 Å². The van der Waals surface area contributed by atoms with Gasteiger partial charge in [-0.25, -0.2) is 0 Å². The zero-order chi connectivity index (χ0) is 14.6. The van der Waals surface area contributed by atoms with Gasteiger partial charge in [0.05, 0.1) is 0 Å². The molecule has 0 fully saturated rings. The van der Waals surface area contributed by atoms with Crippen LogP contribution in [0.25, 0.3) is 0 Å². The fraction of sp³-hybridized carbons (Fsp3) is 0.647. The molecule has 0 spiro atoms. The molecule has 0 bridgehead atoms. The summed E-state index contributed by atoms with van der Waals surface area (Å²) in [6, 6.07) is 6.84. The molecule has 2 nitrogen and oxygen atoms in total. The Balaban J connectivity index is 2.68. The number of nitrogens with two attached hydrogens (primary N) is 1. The molecule has 0 aliphatic rings. The van der Waals surface area contributed by atoms with Crippen LogP contribution in [0.4, 0.5) is 0 Å². The van der Waals surface area contributed by atoms with Gasteiger partial charge in [-0.3, -0.25) is 0 Å². The molecule has 0 aliphatic heterocycles. The van der Waals surface area contributed by atoms with Gasteiger partial charge >= 0.3 is 0 Å². The molecule has 1 aromatic carbocycles. The van der Waals surface area contributed by atoms with Crippen molar-refractivity contribution in [2.24, 2.45) is 5.73 Å². The van der Waals surface area contributed by atoms with Crippen LogP contribution in [0.1, 0.15) is 56.7 Å². The molecule has 1 aromatic rings. The zero-order valence-electron chi connectivity index (χ0n) is 13.5. The Morgan fingerprint density at radius 2 is 1.89 bits per heavy atom. The Morgan fingerprint density at radius 3 is 2.42 bits per heavy atom. The molecule has 19 heavy (non-hydrogen) atoms. The van der Waals surface area contributed by atoms with Crippen LogP contribution in [0.3, 0.4) is 0 Å². The van der Waals surface area contributed by atoms with Gasteiger partial charge in [0.1, 0.15) is 0 Å². The number of hydrogen-bond acceptors (Lipinski definition) is 2. The third-order valence-electron chi connectivity index (χ3n) is 3.62. The standard InChI is InChI=1S/C17H30N2/c1-13(2)15-8-7-14(3)16(11-15)12-19(6)10-9-17(4,5)18/h7-8,11,13H,9-10,12,18H2,1-6H3. The Hall–Kier alpha value is -0.860. The highest BCUT2D eigenvalue weighted by molar-refractivity contribution is 5.32. The normalized spacial score (nSPS) is 12.5.